The third-order valence-corrected chi connectivity index (χ3v) is 4.25. The van der Waals surface area contributed by atoms with E-state index in [0.29, 0.717) is 41.1 Å². The predicted octanol–water partition coefficient (Wildman–Crippen LogP) is 3.99. The first-order valence-corrected chi connectivity index (χ1v) is 8.18. The maximum Gasteiger partial charge on any atom is 0.259 e. The highest BCUT2D eigenvalue weighted by molar-refractivity contribution is 6.07. The minimum absolute atomic E-state index is 0.0212. The van der Waals surface area contributed by atoms with Crippen molar-refractivity contribution in [1.82, 2.24) is 15.0 Å². The molecule has 2 aromatic heterocycles. The summed E-state index contributed by atoms with van der Waals surface area (Å²) in [7, 11) is 0. The van der Waals surface area contributed by atoms with Crippen LogP contribution in [0.1, 0.15) is 35.5 Å². The van der Waals surface area contributed by atoms with Crippen molar-refractivity contribution in [2.24, 2.45) is 0 Å². The van der Waals surface area contributed by atoms with Crippen LogP contribution in [0.25, 0.3) is 22.4 Å². The summed E-state index contributed by atoms with van der Waals surface area (Å²) >= 11 is 0. The van der Waals surface area contributed by atoms with Crippen LogP contribution in [0.2, 0.25) is 0 Å². The molecule has 0 radical (unpaired) electrons. The van der Waals surface area contributed by atoms with Gasteiger partial charge in [-0.2, -0.15) is 0 Å². The van der Waals surface area contributed by atoms with Crippen molar-refractivity contribution in [2.45, 2.75) is 27.7 Å². The minimum atomic E-state index is -0.0212. The second-order valence-corrected chi connectivity index (χ2v) is 5.85. The van der Waals surface area contributed by atoms with Crippen LogP contribution in [0.3, 0.4) is 0 Å². The van der Waals surface area contributed by atoms with Crippen LogP contribution < -0.4 is 0 Å². The maximum absolute atomic E-state index is 12.9. The first kappa shape index (κ1) is 16.2. The van der Waals surface area contributed by atoms with E-state index in [4.69, 9.17) is 4.52 Å². The summed E-state index contributed by atoms with van der Waals surface area (Å²) in [6.07, 6.45) is 0. The number of carbonyl (C=O) groups excluding carboxylic acids is 1. The van der Waals surface area contributed by atoms with Gasteiger partial charge in [0.1, 0.15) is 0 Å². The predicted molar refractivity (Wildman–Crippen MR) is 94.0 cm³/mol. The van der Waals surface area contributed by atoms with Gasteiger partial charge in [0.25, 0.3) is 11.6 Å². The summed E-state index contributed by atoms with van der Waals surface area (Å²) in [5.41, 5.74) is 4.52. The zero-order valence-electron chi connectivity index (χ0n) is 14.5. The summed E-state index contributed by atoms with van der Waals surface area (Å²) in [4.78, 5) is 19.3. The zero-order chi connectivity index (χ0) is 17.3. The smallest absolute Gasteiger partial charge is 0.259 e. The zero-order valence-corrected chi connectivity index (χ0v) is 14.5. The average Bonchev–Trinajstić information content (AvgIpc) is 2.97. The highest BCUT2D eigenvalue weighted by Crippen LogP contribution is 2.28. The molecule has 24 heavy (non-hydrogen) atoms. The SMILES string of the molecule is CCN(CC)C(=O)c1cc(-c2ccc(C)cc2)nc2onc(C)c12. The molecule has 2 heterocycles. The second-order valence-electron chi connectivity index (χ2n) is 5.85. The minimum Gasteiger partial charge on any atom is -0.339 e. The third-order valence-electron chi connectivity index (χ3n) is 4.25. The van der Waals surface area contributed by atoms with Gasteiger partial charge in [0.15, 0.2) is 0 Å². The lowest BCUT2D eigenvalue weighted by Crippen LogP contribution is -2.30. The Morgan fingerprint density at radius 1 is 1.12 bits per heavy atom. The van der Waals surface area contributed by atoms with Gasteiger partial charge in [-0.25, -0.2) is 4.98 Å². The number of hydrogen-bond donors (Lipinski definition) is 0. The number of hydrogen-bond acceptors (Lipinski definition) is 4. The van der Waals surface area contributed by atoms with Crippen LogP contribution in [0.15, 0.2) is 34.9 Å². The van der Waals surface area contributed by atoms with Gasteiger partial charge >= 0.3 is 0 Å². The van der Waals surface area contributed by atoms with E-state index in [2.05, 4.69) is 10.1 Å². The molecule has 0 saturated heterocycles. The molecule has 0 fully saturated rings. The first-order chi connectivity index (χ1) is 11.5. The topological polar surface area (TPSA) is 59.2 Å². The number of pyridine rings is 1. The quantitative estimate of drug-likeness (QED) is 0.728. The fourth-order valence-electron chi connectivity index (χ4n) is 2.82. The van der Waals surface area contributed by atoms with Gasteiger partial charge in [-0.3, -0.25) is 4.79 Å². The summed E-state index contributed by atoms with van der Waals surface area (Å²) in [5, 5.41) is 4.69. The van der Waals surface area contributed by atoms with Gasteiger partial charge in [-0.15, -0.1) is 0 Å². The lowest BCUT2D eigenvalue weighted by atomic mass is 10.0. The van der Waals surface area contributed by atoms with Gasteiger partial charge in [0.05, 0.1) is 22.3 Å². The standard InChI is InChI=1S/C19H21N3O2/c1-5-22(6-2)19(23)15-11-16(14-9-7-12(3)8-10-14)20-18-17(15)13(4)21-24-18/h7-11H,5-6H2,1-4H3. The number of aryl methyl sites for hydroxylation is 2. The number of aromatic nitrogens is 2. The molecule has 0 aliphatic rings. The third kappa shape index (κ3) is 2.77. The van der Waals surface area contributed by atoms with Crippen LogP contribution in [0.5, 0.6) is 0 Å². The van der Waals surface area contributed by atoms with E-state index in [1.807, 2.05) is 58.0 Å². The summed E-state index contributed by atoms with van der Waals surface area (Å²) < 4.78 is 5.34. The molecule has 1 amide bonds. The van der Waals surface area contributed by atoms with E-state index < -0.39 is 0 Å². The Labute approximate surface area is 141 Å². The fraction of sp³-hybridized carbons (Fsp3) is 0.316. The molecular formula is C19H21N3O2. The molecule has 1 aromatic carbocycles. The highest BCUT2D eigenvalue weighted by atomic mass is 16.5. The number of nitrogens with zero attached hydrogens (tertiary/aromatic N) is 3. The molecule has 124 valence electrons. The normalized spacial score (nSPS) is 11.0. The van der Waals surface area contributed by atoms with Crippen molar-refractivity contribution >= 4 is 17.0 Å². The van der Waals surface area contributed by atoms with E-state index in [1.165, 1.54) is 5.56 Å². The molecular weight excluding hydrogens is 302 g/mol. The van der Waals surface area contributed by atoms with Crippen molar-refractivity contribution in [1.29, 1.82) is 0 Å². The number of carbonyl (C=O) groups is 1. The van der Waals surface area contributed by atoms with Crippen molar-refractivity contribution < 1.29 is 9.32 Å². The van der Waals surface area contributed by atoms with Crippen LogP contribution >= 0.6 is 0 Å². The molecule has 3 aromatic rings. The number of amides is 1. The van der Waals surface area contributed by atoms with Gasteiger partial charge in [-0.05, 0) is 33.8 Å². The molecule has 3 rings (SSSR count). The van der Waals surface area contributed by atoms with Crippen LogP contribution in [-0.4, -0.2) is 34.0 Å². The number of fused-ring (bicyclic) bond motifs is 1. The first-order valence-electron chi connectivity index (χ1n) is 8.18. The van der Waals surface area contributed by atoms with E-state index in [-0.39, 0.29) is 5.91 Å². The van der Waals surface area contributed by atoms with E-state index in [1.54, 1.807) is 4.90 Å². The maximum atomic E-state index is 12.9. The molecule has 0 aliphatic carbocycles. The molecule has 5 heteroatoms. The summed E-state index contributed by atoms with van der Waals surface area (Å²) in [6, 6.07) is 9.89. The molecule has 5 nitrogen and oxygen atoms in total. The molecule has 0 saturated carbocycles. The molecule has 0 N–H and O–H groups in total. The Hall–Kier alpha value is -2.69. The molecule has 0 aliphatic heterocycles. The van der Waals surface area contributed by atoms with E-state index in [0.717, 1.165) is 5.56 Å². The summed E-state index contributed by atoms with van der Waals surface area (Å²) in [5.74, 6) is -0.0212. The average molecular weight is 323 g/mol. The monoisotopic (exact) mass is 323 g/mol. The van der Waals surface area contributed by atoms with Crippen molar-refractivity contribution in [3.05, 3.63) is 47.2 Å². The Balaban J connectivity index is 2.20. The fourth-order valence-corrected chi connectivity index (χ4v) is 2.82. The Bertz CT molecular complexity index is 878. The largest absolute Gasteiger partial charge is 0.339 e. The van der Waals surface area contributed by atoms with Gasteiger partial charge in [0.2, 0.25) is 0 Å². The lowest BCUT2D eigenvalue weighted by molar-refractivity contribution is 0.0775. The van der Waals surface area contributed by atoms with E-state index >= 15 is 0 Å². The molecule has 0 spiro atoms. The summed E-state index contributed by atoms with van der Waals surface area (Å²) in [6.45, 7) is 9.13. The number of benzene rings is 1. The van der Waals surface area contributed by atoms with Crippen molar-refractivity contribution in [3.8, 4) is 11.3 Å². The van der Waals surface area contributed by atoms with Crippen molar-refractivity contribution in [3.63, 3.8) is 0 Å². The van der Waals surface area contributed by atoms with Gasteiger partial charge < -0.3 is 9.42 Å². The molecule has 0 unspecified atom stereocenters. The van der Waals surface area contributed by atoms with Crippen LogP contribution in [-0.2, 0) is 0 Å². The molecule has 0 bridgehead atoms. The van der Waals surface area contributed by atoms with Gasteiger partial charge in [-0.1, -0.05) is 35.0 Å². The Morgan fingerprint density at radius 2 is 1.79 bits per heavy atom. The molecule has 0 atom stereocenters. The van der Waals surface area contributed by atoms with Gasteiger partial charge in [0, 0.05) is 18.7 Å². The van der Waals surface area contributed by atoms with Crippen molar-refractivity contribution in [2.75, 3.05) is 13.1 Å². The highest BCUT2D eigenvalue weighted by Gasteiger charge is 2.22. The second kappa shape index (κ2) is 6.43. The Morgan fingerprint density at radius 3 is 2.42 bits per heavy atom. The van der Waals surface area contributed by atoms with Crippen LogP contribution in [0.4, 0.5) is 0 Å². The number of rotatable bonds is 4. The lowest BCUT2D eigenvalue weighted by Gasteiger charge is -2.19. The Kier molecular flexibility index (Phi) is 4.34. The van der Waals surface area contributed by atoms with Crippen LogP contribution in [0, 0.1) is 13.8 Å². The van der Waals surface area contributed by atoms with E-state index in [9.17, 15) is 4.79 Å².